The van der Waals surface area contributed by atoms with E-state index in [1.807, 2.05) is 26.0 Å². The lowest BCUT2D eigenvalue weighted by Gasteiger charge is -2.07. The van der Waals surface area contributed by atoms with Crippen LogP contribution in [0.5, 0.6) is 5.75 Å². The maximum absolute atomic E-state index is 11.6. The molecule has 3 heteroatoms. The Morgan fingerprint density at radius 2 is 2.14 bits per heavy atom. The number of methoxy groups -OCH3 is 1. The molecule has 2 nitrogen and oxygen atoms in total. The van der Waals surface area contributed by atoms with Gasteiger partial charge in [0.25, 0.3) is 0 Å². The van der Waals surface area contributed by atoms with Crippen LogP contribution in [0.2, 0.25) is 0 Å². The molecule has 0 heterocycles. The summed E-state index contributed by atoms with van der Waals surface area (Å²) >= 11 is 3.26. The van der Waals surface area contributed by atoms with Crippen molar-refractivity contribution < 1.29 is 9.53 Å². The molecule has 1 aromatic rings. The molecular formula is C11H13BrO2. The van der Waals surface area contributed by atoms with Crippen molar-refractivity contribution in [3.63, 3.8) is 0 Å². The van der Waals surface area contributed by atoms with Gasteiger partial charge in [-0.2, -0.15) is 0 Å². The van der Waals surface area contributed by atoms with Gasteiger partial charge in [0, 0.05) is 5.56 Å². The van der Waals surface area contributed by atoms with E-state index in [0.29, 0.717) is 5.56 Å². The Balaban J connectivity index is 3.03. The molecule has 1 atom stereocenters. The van der Waals surface area contributed by atoms with Crippen molar-refractivity contribution in [3.05, 3.63) is 29.3 Å². The van der Waals surface area contributed by atoms with Crippen molar-refractivity contribution in [1.29, 1.82) is 0 Å². The molecule has 1 aromatic carbocycles. The summed E-state index contributed by atoms with van der Waals surface area (Å²) in [6, 6.07) is 5.45. The van der Waals surface area contributed by atoms with Crippen LogP contribution in [-0.4, -0.2) is 17.7 Å². The van der Waals surface area contributed by atoms with E-state index < -0.39 is 0 Å². The zero-order valence-electron chi connectivity index (χ0n) is 8.50. The van der Waals surface area contributed by atoms with Gasteiger partial charge in [-0.25, -0.2) is 0 Å². The molecule has 0 saturated heterocycles. The lowest BCUT2D eigenvalue weighted by Crippen LogP contribution is -2.10. The van der Waals surface area contributed by atoms with Gasteiger partial charge in [-0.3, -0.25) is 4.79 Å². The van der Waals surface area contributed by atoms with E-state index in [2.05, 4.69) is 15.9 Å². The lowest BCUT2D eigenvalue weighted by molar-refractivity contribution is 0.0995. The second-order valence-corrected chi connectivity index (χ2v) is 4.54. The molecule has 0 radical (unpaired) electrons. The van der Waals surface area contributed by atoms with Crippen LogP contribution in [0.15, 0.2) is 18.2 Å². The molecule has 0 aliphatic carbocycles. The van der Waals surface area contributed by atoms with Gasteiger partial charge >= 0.3 is 0 Å². The molecule has 0 N–H and O–H groups in total. The van der Waals surface area contributed by atoms with Gasteiger partial charge in [-0.15, -0.1) is 0 Å². The molecule has 1 unspecified atom stereocenters. The van der Waals surface area contributed by atoms with Crippen LogP contribution in [0, 0.1) is 6.92 Å². The minimum Gasteiger partial charge on any atom is -0.496 e. The predicted octanol–water partition coefficient (Wildman–Crippen LogP) is 2.97. The molecule has 76 valence electrons. The van der Waals surface area contributed by atoms with Gasteiger partial charge in [0.2, 0.25) is 0 Å². The highest BCUT2D eigenvalue weighted by Crippen LogP contribution is 2.20. The first kappa shape index (κ1) is 11.2. The molecular weight excluding hydrogens is 244 g/mol. The minimum atomic E-state index is -0.143. The average molecular weight is 257 g/mol. The van der Waals surface area contributed by atoms with Crippen LogP contribution in [0.1, 0.15) is 22.8 Å². The summed E-state index contributed by atoms with van der Waals surface area (Å²) in [6.45, 7) is 3.75. The number of Topliss-reactive ketones (excluding diaryl/α,β-unsaturated/α-hetero) is 1. The smallest absolute Gasteiger partial charge is 0.176 e. The lowest BCUT2D eigenvalue weighted by atomic mass is 10.1. The first-order valence-corrected chi connectivity index (χ1v) is 5.30. The van der Waals surface area contributed by atoms with E-state index in [4.69, 9.17) is 4.74 Å². The van der Waals surface area contributed by atoms with Gasteiger partial charge in [0.15, 0.2) is 5.78 Å². The normalized spacial score (nSPS) is 12.3. The number of carbonyl (C=O) groups excluding carboxylic acids is 1. The minimum absolute atomic E-state index is 0.0933. The highest BCUT2D eigenvalue weighted by molar-refractivity contribution is 9.10. The number of alkyl halides is 1. The van der Waals surface area contributed by atoms with Crippen LogP contribution < -0.4 is 4.74 Å². The number of aryl methyl sites for hydroxylation is 1. The first-order chi connectivity index (χ1) is 6.56. The molecule has 0 spiro atoms. The Morgan fingerprint density at radius 1 is 1.50 bits per heavy atom. The van der Waals surface area contributed by atoms with Crippen LogP contribution >= 0.6 is 15.9 Å². The Labute approximate surface area is 92.4 Å². The van der Waals surface area contributed by atoms with Crippen molar-refractivity contribution in [2.75, 3.05) is 7.11 Å². The highest BCUT2D eigenvalue weighted by atomic mass is 79.9. The van der Waals surface area contributed by atoms with E-state index in [1.165, 1.54) is 0 Å². The summed E-state index contributed by atoms with van der Waals surface area (Å²) in [4.78, 5) is 11.5. The van der Waals surface area contributed by atoms with Gasteiger partial charge in [-0.05, 0) is 37.6 Å². The largest absolute Gasteiger partial charge is 0.496 e. The topological polar surface area (TPSA) is 26.3 Å². The highest BCUT2D eigenvalue weighted by Gasteiger charge is 2.12. The fourth-order valence-corrected chi connectivity index (χ4v) is 1.53. The SMILES string of the molecule is COc1ccc(C(=O)C(C)Br)cc1C. The van der Waals surface area contributed by atoms with E-state index in [9.17, 15) is 4.79 Å². The zero-order valence-corrected chi connectivity index (χ0v) is 10.1. The van der Waals surface area contributed by atoms with E-state index in [0.717, 1.165) is 11.3 Å². The molecule has 1 rings (SSSR count). The predicted molar refractivity (Wildman–Crippen MR) is 60.5 cm³/mol. The van der Waals surface area contributed by atoms with Crippen LogP contribution in [0.4, 0.5) is 0 Å². The molecule has 0 aliphatic rings. The Hall–Kier alpha value is -0.830. The van der Waals surface area contributed by atoms with Gasteiger partial charge in [-0.1, -0.05) is 15.9 Å². The number of halogens is 1. The number of rotatable bonds is 3. The summed E-state index contributed by atoms with van der Waals surface area (Å²) < 4.78 is 5.12. The number of ketones is 1. The van der Waals surface area contributed by atoms with Gasteiger partial charge in [0.1, 0.15) is 5.75 Å². The first-order valence-electron chi connectivity index (χ1n) is 4.39. The zero-order chi connectivity index (χ0) is 10.7. The van der Waals surface area contributed by atoms with Crippen LogP contribution in [0.3, 0.4) is 0 Å². The number of hydrogen-bond acceptors (Lipinski definition) is 2. The standard InChI is InChI=1S/C11H13BrO2/c1-7-6-9(11(13)8(2)12)4-5-10(7)14-3/h4-6,8H,1-3H3. The Morgan fingerprint density at radius 3 is 2.57 bits per heavy atom. The monoisotopic (exact) mass is 256 g/mol. The molecule has 0 fully saturated rings. The van der Waals surface area contributed by atoms with Crippen LogP contribution in [-0.2, 0) is 0 Å². The van der Waals surface area contributed by atoms with Crippen LogP contribution in [0.25, 0.3) is 0 Å². The number of carbonyl (C=O) groups is 1. The fraction of sp³-hybridized carbons (Fsp3) is 0.364. The summed E-state index contributed by atoms with van der Waals surface area (Å²) in [7, 11) is 1.62. The quantitative estimate of drug-likeness (QED) is 0.614. The summed E-state index contributed by atoms with van der Waals surface area (Å²) in [6.07, 6.45) is 0. The Bertz CT molecular complexity index is 345. The molecule has 0 aliphatic heterocycles. The second-order valence-electron chi connectivity index (χ2n) is 3.16. The van der Waals surface area contributed by atoms with Crippen molar-refractivity contribution in [2.45, 2.75) is 18.7 Å². The third-order valence-electron chi connectivity index (χ3n) is 2.04. The summed E-state index contributed by atoms with van der Waals surface area (Å²) in [5.74, 6) is 0.902. The van der Waals surface area contributed by atoms with E-state index in [1.54, 1.807) is 13.2 Å². The van der Waals surface area contributed by atoms with Crippen molar-refractivity contribution in [1.82, 2.24) is 0 Å². The molecule has 0 aromatic heterocycles. The Kier molecular flexibility index (Phi) is 3.69. The third kappa shape index (κ3) is 2.35. The van der Waals surface area contributed by atoms with Gasteiger partial charge in [0.05, 0.1) is 11.9 Å². The average Bonchev–Trinajstić information content (AvgIpc) is 2.16. The number of hydrogen-bond donors (Lipinski definition) is 0. The third-order valence-corrected chi connectivity index (χ3v) is 2.46. The second kappa shape index (κ2) is 4.60. The van der Waals surface area contributed by atoms with Crippen molar-refractivity contribution in [2.24, 2.45) is 0 Å². The van der Waals surface area contributed by atoms with E-state index in [-0.39, 0.29) is 10.6 Å². The maximum atomic E-state index is 11.6. The van der Waals surface area contributed by atoms with Crippen molar-refractivity contribution >= 4 is 21.7 Å². The summed E-state index contributed by atoms with van der Waals surface area (Å²) in [5, 5.41) is 0. The fourth-order valence-electron chi connectivity index (χ4n) is 1.26. The number of benzene rings is 1. The molecule has 14 heavy (non-hydrogen) atoms. The summed E-state index contributed by atoms with van der Waals surface area (Å²) in [5.41, 5.74) is 1.69. The molecule has 0 bridgehead atoms. The molecule has 0 amide bonds. The molecule has 0 saturated carbocycles. The number of ether oxygens (including phenoxy) is 1. The van der Waals surface area contributed by atoms with Crippen molar-refractivity contribution in [3.8, 4) is 5.75 Å². The van der Waals surface area contributed by atoms with E-state index >= 15 is 0 Å². The van der Waals surface area contributed by atoms with Gasteiger partial charge < -0.3 is 4.74 Å². The maximum Gasteiger partial charge on any atom is 0.176 e.